The maximum absolute atomic E-state index is 11.7. The Bertz CT molecular complexity index is 704. The SMILES string of the molecule is O=C1OC(=O)c2c(-c3ccc(Br)cc3)ccc(O)c21. The summed E-state index contributed by atoms with van der Waals surface area (Å²) < 4.78 is 5.46. The number of aromatic hydroxyl groups is 1. The Balaban J connectivity index is 2.27. The zero-order valence-corrected chi connectivity index (χ0v) is 11.1. The van der Waals surface area contributed by atoms with Crippen LogP contribution in [-0.4, -0.2) is 17.0 Å². The molecule has 0 bridgehead atoms. The maximum Gasteiger partial charge on any atom is 0.350 e. The number of halogens is 1. The van der Waals surface area contributed by atoms with Gasteiger partial charge < -0.3 is 9.84 Å². The van der Waals surface area contributed by atoms with Gasteiger partial charge in [0, 0.05) is 4.47 Å². The first-order valence-electron chi connectivity index (χ1n) is 5.46. The van der Waals surface area contributed by atoms with Gasteiger partial charge in [-0.3, -0.25) is 0 Å². The molecule has 0 saturated heterocycles. The second-order valence-electron chi connectivity index (χ2n) is 4.07. The van der Waals surface area contributed by atoms with E-state index in [-0.39, 0.29) is 16.9 Å². The third kappa shape index (κ3) is 1.82. The van der Waals surface area contributed by atoms with Crippen LogP contribution in [-0.2, 0) is 4.74 Å². The minimum atomic E-state index is -0.809. The van der Waals surface area contributed by atoms with E-state index in [0.717, 1.165) is 10.0 Å². The third-order valence-electron chi connectivity index (χ3n) is 2.93. The lowest BCUT2D eigenvalue weighted by Gasteiger charge is -2.06. The molecule has 3 rings (SSSR count). The average Bonchev–Trinajstić information content (AvgIpc) is 2.68. The molecule has 2 aromatic carbocycles. The average molecular weight is 319 g/mol. The van der Waals surface area contributed by atoms with Gasteiger partial charge in [-0.2, -0.15) is 0 Å². The van der Waals surface area contributed by atoms with E-state index in [9.17, 15) is 14.7 Å². The molecule has 2 aromatic rings. The summed E-state index contributed by atoms with van der Waals surface area (Å²) in [6.45, 7) is 0. The molecule has 0 atom stereocenters. The molecule has 0 saturated carbocycles. The van der Waals surface area contributed by atoms with Gasteiger partial charge in [0.1, 0.15) is 11.3 Å². The Hall–Kier alpha value is -2.14. The van der Waals surface area contributed by atoms with Crippen LogP contribution in [0.4, 0.5) is 0 Å². The number of carbonyl (C=O) groups is 2. The first kappa shape index (κ1) is 11.9. The van der Waals surface area contributed by atoms with Gasteiger partial charge in [-0.1, -0.05) is 28.1 Å². The molecule has 4 nitrogen and oxygen atoms in total. The van der Waals surface area contributed by atoms with Gasteiger partial charge in [0.05, 0.1) is 5.56 Å². The highest BCUT2D eigenvalue weighted by atomic mass is 79.9. The van der Waals surface area contributed by atoms with Crippen molar-refractivity contribution < 1.29 is 19.4 Å². The van der Waals surface area contributed by atoms with Gasteiger partial charge in [-0.15, -0.1) is 0 Å². The third-order valence-corrected chi connectivity index (χ3v) is 3.46. The quantitative estimate of drug-likeness (QED) is 0.648. The lowest BCUT2D eigenvalue weighted by atomic mass is 9.96. The molecule has 0 aliphatic carbocycles. The van der Waals surface area contributed by atoms with Crippen LogP contribution < -0.4 is 0 Å². The Kier molecular flexibility index (Phi) is 2.64. The zero-order chi connectivity index (χ0) is 13.6. The van der Waals surface area contributed by atoms with Gasteiger partial charge in [0.15, 0.2) is 0 Å². The molecular weight excluding hydrogens is 312 g/mol. The fourth-order valence-electron chi connectivity index (χ4n) is 2.07. The fraction of sp³-hybridized carbons (Fsp3) is 0. The number of carbonyl (C=O) groups excluding carboxylic acids is 2. The van der Waals surface area contributed by atoms with Crippen molar-refractivity contribution in [1.29, 1.82) is 0 Å². The number of hydrogen-bond acceptors (Lipinski definition) is 4. The highest BCUT2D eigenvalue weighted by molar-refractivity contribution is 9.10. The Morgan fingerprint density at radius 1 is 0.895 bits per heavy atom. The monoisotopic (exact) mass is 318 g/mol. The van der Waals surface area contributed by atoms with Crippen LogP contribution in [0.5, 0.6) is 5.75 Å². The summed E-state index contributed by atoms with van der Waals surface area (Å²) in [5.74, 6) is -1.78. The van der Waals surface area contributed by atoms with Crippen molar-refractivity contribution in [2.45, 2.75) is 0 Å². The second-order valence-corrected chi connectivity index (χ2v) is 4.98. The van der Waals surface area contributed by atoms with E-state index >= 15 is 0 Å². The standard InChI is InChI=1S/C14H7BrO4/c15-8-3-1-7(2-4-8)9-5-6-10(16)12-11(9)13(17)19-14(12)18/h1-6,16H. The van der Waals surface area contributed by atoms with Gasteiger partial charge >= 0.3 is 11.9 Å². The van der Waals surface area contributed by atoms with Crippen molar-refractivity contribution in [1.82, 2.24) is 0 Å². The number of rotatable bonds is 1. The summed E-state index contributed by atoms with van der Waals surface area (Å²) in [7, 11) is 0. The van der Waals surface area contributed by atoms with E-state index < -0.39 is 11.9 Å². The van der Waals surface area contributed by atoms with Crippen molar-refractivity contribution in [3.63, 3.8) is 0 Å². The maximum atomic E-state index is 11.7. The number of ether oxygens (including phenoxy) is 1. The molecule has 0 fully saturated rings. The van der Waals surface area contributed by atoms with Crippen LogP contribution in [0.3, 0.4) is 0 Å². The van der Waals surface area contributed by atoms with E-state index in [1.165, 1.54) is 6.07 Å². The summed E-state index contributed by atoms with van der Waals surface area (Å²) in [6, 6.07) is 10.3. The first-order chi connectivity index (χ1) is 9.08. The lowest BCUT2D eigenvalue weighted by molar-refractivity contribution is 0.0443. The molecule has 1 aliphatic rings. The topological polar surface area (TPSA) is 63.6 Å². The highest BCUT2D eigenvalue weighted by Gasteiger charge is 2.35. The summed E-state index contributed by atoms with van der Waals surface area (Å²) in [4.78, 5) is 23.2. The molecule has 94 valence electrons. The number of benzene rings is 2. The molecule has 5 heteroatoms. The second kappa shape index (κ2) is 4.20. The number of phenolic OH excluding ortho intramolecular Hbond substituents is 1. The molecule has 0 unspecified atom stereocenters. The number of esters is 2. The van der Waals surface area contributed by atoms with Crippen molar-refractivity contribution in [3.05, 3.63) is 52.0 Å². The summed E-state index contributed by atoms with van der Waals surface area (Å²) in [5.41, 5.74) is 1.39. The van der Waals surface area contributed by atoms with Crippen LogP contribution in [0.1, 0.15) is 20.7 Å². The van der Waals surface area contributed by atoms with Gasteiger partial charge in [0.25, 0.3) is 0 Å². The first-order valence-corrected chi connectivity index (χ1v) is 6.25. The van der Waals surface area contributed by atoms with E-state index in [2.05, 4.69) is 20.7 Å². The molecule has 19 heavy (non-hydrogen) atoms. The molecule has 0 amide bonds. The summed E-state index contributed by atoms with van der Waals surface area (Å²) in [6.07, 6.45) is 0. The van der Waals surface area contributed by atoms with Crippen molar-refractivity contribution in [3.8, 4) is 16.9 Å². The predicted molar refractivity (Wildman–Crippen MR) is 71.0 cm³/mol. The van der Waals surface area contributed by atoms with E-state index in [1.807, 2.05) is 24.3 Å². The molecule has 1 heterocycles. The van der Waals surface area contributed by atoms with E-state index in [0.29, 0.717) is 5.56 Å². The normalized spacial score (nSPS) is 13.3. The van der Waals surface area contributed by atoms with Crippen LogP contribution in [0.2, 0.25) is 0 Å². The number of cyclic esters (lactones) is 2. The number of fused-ring (bicyclic) bond motifs is 1. The minimum Gasteiger partial charge on any atom is -0.507 e. The summed E-state index contributed by atoms with van der Waals surface area (Å²) >= 11 is 3.33. The van der Waals surface area contributed by atoms with Crippen molar-refractivity contribution >= 4 is 27.9 Å². The van der Waals surface area contributed by atoms with Gasteiger partial charge in [0.2, 0.25) is 0 Å². The molecule has 1 N–H and O–H groups in total. The number of phenols is 1. The minimum absolute atomic E-state index is 0.0644. The smallest absolute Gasteiger partial charge is 0.350 e. The van der Waals surface area contributed by atoms with Crippen LogP contribution in [0.25, 0.3) is 11.1 Å². The largest absolute Gasteiger partial charge is 0.507 e. The van der Waals surface area contributed by atoms with Crippen molar-refractivity contribution in [2.24, 2.45) is 0 Å². The Morgan fingerprint density at radius 2 is 1.53 bits per heavy atom. The van der Waals surface area contributed by atoms with Crippen LogP contribution in [0, 0.1) is 0 Å². The molecular formula is C14H7BrO4. The summed E-state index contributed by atoms with van der Waals surface area (Å²) in [5, 5.41) is 9.67. The van der Waals surface area contributed by atoms with Gasteiger partial charge in [-0.05, 0) is 35.4 Å². The number of hydrogen-bond donors (Lipinski definition) is 1. The molecule has 0 aromatic heterocycles. The van der Waals surface area contributed by atoms with Gasteiger partial charge in [-0.25, -0.2) is 9.59 Å². The van der Waals surface area contributed by atoms with Crippen LogP contribution in [0.15, 0.2) is 40.9 Å². The zero-order valence-electron chi connectivity index (χ0n) is 9.51. The molecule has 0 radical (unpaired) electrons. The van der Waals surface area contributed by atoms with Crippen molar-refractivity contribution in [2.75, 3.05) is 0 Å². The van der Waals surface area contributed by atoms with Crippen LogP contribution >= 0.6 is 15.9 Å². The lowest BCUT2D eigenvalue weighted by Crippen LogP contribution is -1.98. The predicted octanol–water partition coefficient (Wildman–Crippen LogP) is 3.13. The Labute approximate surface area is 116 Å². The fourth-order valence-corrected chi connectivity index (χ4v) is 2.33. The van der Waals surface area contributed by atoms with E-state index in [1.54, 1.807) is 6.07 Å². The van der Waals surface area contributed by atoms with E-state index in [4.69, 9.17) is 0 Å². The molecule has 1 aliphatic heterocycles. The Morgan fingerprint density at radius 3 is 2.21 bits per heavy atom. The molecule has 0 spiro atoms. The highest BCUT2D eigenvalue weighted by Crippen LogP contribution is 2.36.